The van der Waals surface area contributed by atoms with Crippen LogP contribution in [0, 0.1) is 0 Å². The first-order chi connectivity index (χ1) is 18.0. The highest BCUT2D eigenvalue weighted by Gasteiger charge is 2.41. The minimum atomic E-state index is -0.680. The van der Waals surface area contributed by atoms with Gasteiger partial charge in [-0.1, -0.05) is 54.6 Å². The number of fused-ring (bicyclic) bond motifs is 1. The van der Waals surface area contributed by atoms with Crippen molar-refractivity contribution in [3.05, 3.63) is 82.3 Å². The smallest absolute Gasteiger partial charge is 0.408 e. The summed E-state index contributed by atoms with van der Waals surface area (Å²) in [4.78, 5) is 38.1. The summed E-state index contributed by atoms with van der Waals surface area (Å²) < 4.78 is 13.1. The van der Waals surface area contributed by atoms with E-state index in [9.17, 15) is 14.4 Å². The van der Waals surface area contributed by atoms with Gasteiger partial charge in [0, 0.05) is 24.4 Å². The molecule has 0 bridgehead atoms. The summed E-state index contributed by atoms with van der Waals surface area (Å²) >= 11 is 0. The molecule has 0 atom stereocenters. The molecular formula is C30H31N3O5. The van der Waals surface area contributed by atoms with Crippen molar-refractivity contribution in [2.75, 3.05) is 0 Å². The van der Waals surface area contributed by atoms with Crippen molar-refractivity contribution in [3.63, 3.8) is 0 Å². The van der Waals surface area contributed by atoms with Crippen LogP contribution in [0.15, 0.2) is 70.0 Å². The topological polar surface area (TPSA) is 117 Å². The van der Waals surface area contributed by atoms with Crippen LogP contribution in [0.1, 0.15) is 56.0 Å². The van der Waals surface area contributed by atoms with E-state index in [1.54, 1.807) is 7.05 Å². The molecule has 1 fully saturated rings. The Morgan fingerprint density at radius 1 is 1.03 bits per heavy atom. The number of carbonyl (C=O) groups excluding carboxylic acids is 2. The fraction of sp³-hybridized carbons (Fsp3) is 0.300. The molecule has 5 rings (SSSR count). The van der Waals surface area contributed by atoms with Gasteiger partial charge in [0.1, 0.15) is 11.4 Å². The number of amides is 2. The van der Waals surface area contributed by atoms with Crippen molar-refractivity contribution in [1.29, 1.82) is 0 Å². The first-order valence-corrected chi connectivity index (χ1v) is 12.6. The van der Waals surface area contributed by atoms with Gasteiger partial charge >= 0.3 is 6.09 Å². The number of furan rings is 1. The fourth-order valence-corrected chi connectivity index (χ4v) is 5.03. The number of rotatable bonds is 5. The van der Waals surface area contributed by atoms with Gasteiger partial charge in [0.2, 0.25) is 0 Å². The monoisotopic (exact) mass is 513 g/mol. The summed E-state index contributed by atoms with van der Waals surface area (Å²) in [6, 6.07) is 17.2. The maximum atomic E-state index is 13.3. The number of aromatic nitrogens is 1. The number of pyridine rings is 1. The lowest BCUT2D eigenvalue weighted by Crippen LogP contribution is -2.52. The van der Waals surface area contributed by atoms with Gasteiger partial charge < -0.3 is 24.8 Å². The molecule has 2 heterocycles. The highest BCUT2D eigenvalue weighted by Crippen LogP contribution is 2.44. The highest BCUT2D eigenvalue weighted by molar-refractivity contribution is 6.10. The molecule has 0 radical (unpaired) electrons. The number of nitrogens with zero attached hydrogens (tertiary/aromatic N) is 1. The van der Waals surface area contributed by atoms with E-state index in [-0.39, 0.29) is 16.7 Å². The number of aryl methyl sites for hydroxylation is 1. The lowest BCUT2D eigenvalue weighted by atomic mass is 9.71. The molecule has 2 aromatic heterocycles. The zero-order valence-corrected chi connectivity index (χ0v) is 22.0. The molecule has 3 N–H and O–H groups in total. The van der Waals surface area contributed by atoms with E-state index in [0.717, 1.165) is 36.0 Å². The normalized spacial score (nSPS) is 14.6. The van der Waals surface area contributed by atoms with Gasteiger partial charge in [0.05, 0.1) is 16.5 Å². The summed E-state index contributed by atoms with van der Waals surface area (Å²) in [6.07, 6.45) is 3.58. The fourth-order valence-electron chi connectivity index (χ4n) is 5.03. The number of alkyl carbamates (subject to hydrolysis) is 1. The number of hydrogen-bond donors (Lipinski definition) is 2. The minimum absolute atomic E-state index is 0.136. The largest absolute Gasteiger partial charge is 0.454 e. The molecule has 0 aliphatic heterocycles. The van der Waals surface area contributed by atoms with E-state index in [4.69, 9.17) is 14.9 Å². The molecule has 0 saturated heterocycles. The molecule has 8 nitrogen and oxygen atoms in total. The lowest BCUT2D eigenvalue weighted by Gasteiger charge is -2.43. The van der Waals surface area contributed by atoms with E-state index in [2.05, 4.69) is 5.32 Å². The van der Waals surface area contributed by atoms with E-state index in [1.165, 1.54) is 10.8 Å². The van der Waals surface area contributed by atoms with Crippen molar-refractivity contribution in [2.24, 2.45) is 12.8 Å². The second kappa shape index (κ2) is 9.20. The van der Waals surface area contributed by atoms with Crippen LogP contribution in [-0.4, -0.2) is 22.2 Å². The van der Waals surface area contributed by atoms with Crippen LogP contribution >= 0.6 is 0 Å². The van der Waals surface area contributed by atoms with E-state index in [1.807, 2.05) is 75.4 Å². The second-order valence-corrected chi connectivity index (χ2v) is 10.8. The maximum absolute atomic E-state index is 13.3. The van der Waals surface area contributed by atoms with Crippen LogP contribution in [0.2, 0.25) is 0 Å². The lowest BCUT2D eigenvalue weighted by molar-refractivity contribution is 0.0377. The van der Waals surface area contributed by atoms with E-state index in [0.29, 0.717) is 16.7 Å². The summed E-state index contributed by atoms with van der Waals surface area (Å²) in [5, 5.41) is 3.38. The average Bonchev–Trinajstić information content (AvgIpc) is 3.24. The van der Waals surface area contributed by atoms with E-state index >= 15 is 0 Å². The quantitative estimate of drug-likeness (QED) is 0.367. The number of primary amides is 1. The second-order valence-electron chi connectivity index (χ2n) is 10.8. The van der Waals surface area contributed by atoms with Crippen molar-refractivity contribution < 1.29 is 18.7 Å². The third kappa shape index (κ3) is 4.47. The predicted molar refractivity (Wildman–Crippen MR) is 146 cm³/mol. The van der Waals surface area contributed by atoms with Crippen LogP contribution in [0.5, 0.6) is 0 Å². The Labute approximate surface area is 220 Å². The molecule has 1 aliphatic carbocycles. The van der Waals surface area contributed by atoms with Crippen molar-refractivity contribution in [2.45, 2.75) is 51.2 Å². The Kier molecular flexibility index (Phi) is 6.13. The van der Waals surface area contributed by atoms with Crippen LogP contribution in [0.25, 0.3) is 33.4 Å². The predicted octanol–water partition coefficient (Wildman–Crippen LogP) is 5.47. The Hall–Kier alpha value is -4.33. The SMILES string of the molecule is Cn1cc(C(N)=O)c2oc(-c3ccc(C4(NC(=O)OC(C)(C)C)CCC4)cc3)c(-c3ccccc3)c2c1=O. The first-order valence-electron chi connectivity index (χ1n) is 12.6. The number of hydrogen-bond acceptors (Lipinski definition) is 5. The molecule has 2 amide bonds. The highest BCUT2D eigenvalue weighted by atomic mass is 16.6. The molecule has 4 aromatic rings. The van der Waals surface area contributed by atoms with Crippen LogP contribution in [0.4, 0.5) is 4.79 Å². The van der Waals surface area contributed by atoms with Crippen LogP contribution in [0.3, 0.4) is 0 Å². The third-order valence-corrected chi connectivity index (χ3v) is 6.98. The van der Waals surface area contributed by atoms with Crippen molar-refractivity contribution in [1.82, 2.24) is 9.88 Å². The van der Waals surface area contributed by atoms with Gasteiger partial charge in [-0.25, -0.2) is 4.79 Å². The Balaban J connectivity index is 1.62. The zero-order valence-electron chi connectivity index (χ0n) is 22.0. The Morgan fingerprint density at radius 2 is 1.68 bits per heavy atom. The molecule has 0 unspecified atom stereocenters. The molecule has 1 saturated carbocycles. The van der Waals surface area contributed by atoms with Gasteiger partial charge in [-0.2, -0.15) is 0 Å². The first kappa shape index (κ1) is 25.3. The Morgan fingerprint density at radius 3 is 2.24 bits per heavy atom. The molecule has 2 aromatic carbocycles. The number of nitrogens with two attached hydrogens (primary N) is 1. The number of benzene rings is 2. The molecule has 196 valence electrons. The average molecular weight is 514 g/mol. The third-order valence-electron chi connectivity index (χ3n) is 6.98. The molecule has 38 heavy (non-hydrogen) atoms. The van der Waals surface area contributed by atoms with Crippen molar-refractivity contribution in [3.8, 4) is 22.5 Å². The summed E-state index contributed by atoms with van der Waals surface area (Å²) in [6.45, 7) is 5.51. The molecule has 0 spiro atoms. The maximum Gasteiger partial charge on any atom is 0.408 e. The molecule has 8 heteroatoms. The van der Waals surface area contributed by atoms with Gasteiger partial charge in [0.25, 0.3) is 11.5 Å². The number of carbonyl (C=O) groups is 2. The van der Waals surface area contributed by atoms with Crippen LogP contribution in [-0.2, 0) is 17.3 Å². The van der Waals surface area contributed by atoms with Crippen LogP contribution < -0.4 is 16.6 Å². The minimum Gasteiger partial charge on any atom is -0.454 e. The Bertz CT molecular complexity index is 1590. The number of nitrogens with one attached hydrogen (secondary N) is 1. The summed E-state index contributed by atoms with van der Waals surface area (Å²) in [7, 11) is 1.58. The standard InChI is InChI=1S/C30H31N3O5/c1-29(2,3)38-28(36)32-30(15-8-16-30)20-13-11-19(12-14-20)24-22(18-9-6-5-7-10-18)23-25(37-24)21(26(31)34)17-33(4)27(23)35/h5-7,9-14,17H,8,15-16H2,1-4H3,(H2,31,34)(H,32,36). The molecule has 1 aliphatic rings. The zero-order chi connectivity index (χ0) is 27.2. The van der Waals surface area contributed by atoms with Gasteiger partial charge in [-0.3, -0.25) is 9.59 Å². The van der Waals surface area contributed by atoms with E-state index < -0.39 is 23.1 Å². The van der Waals surface area contributed by atoms with Gasteiger partial charge in [-0.15, -0.1) is 0 Å². The summed E-state index contributed by atoms with van der Waals surface area (Å²) in [5.41, 5.74) is 7.65. The number of ether oxygens (including phenoxy) is 1. The van der Waals surface area contributed by atoms with Crippen molar-refractivity contribution >= 4 is 23.0 Å². The summed E-state index contributed by atoms with van der Waals surface area (Å²) in [5.74, 6) is -0.215. The van der Waals surface area contributed by atoms with Gasteiger partial charge in [0.15, 0.2) is 5.58 Å². The van der Waals surface area contributed by atoms with Gasteiger partial charge in [-0.05, 0) is 51.2 Å². The molecular weight excluding hydrogens is 482 g/mol.